The number of anilines is 2. The predicted octanol–water partition coefficient (Wildman–Crippen LogP) is 5.06. The third-order valence-corrected chi connectivity index (χ3v) is 11.1. The van der Waals surface area contributed by atoms with Crippen molar-refractivity contribution in [3.63, 3.8) is 0 Å². The van der Waals surface area contributed by atoms with E-state index in [0.29, 0.717) is 50.5 Å². The third kappa shape index (κ3) is 6.38. The number of amides is 1. The molecule has 3 aliphatic heterocycles. The van der Waals surface area contributed by atoms with Crippen molar-refractivity contribution in [2.24, 2.45) is 7.05 Å². The van der Waals surface area contributed by atoms with Gasteiger partial charge in [-0.2, -0.15) is 10.2 Å². The molecule has 0 bridgehead atoms. The van der Waals surface area contributed by atoms with Gasteiger partial charge in [-0.15, -0.1) is 0 Å². The van der Waals surface area contributed by atoms with Crippen molar-refractivity contribution in [3.05, 3.63) is 87.9 Å². The SMILES string of the molecule is C=C(F)C(=O)N1CCN(c2nc(OC[C@@H]3CCCN3C)c(-c3c(C)ccnc3C)c3c2CCN(c2cccc4ccn(C)c(=O)c24)C3)C[C@@H]1CC#N. The second-order valence-corrected chi connectivity index (χ2v) is 14.3. The molecule has 52 heavy (non-hydrogen) atoms. The standard InChI is InChI=1S/C40H45FN8O3/c1-25-12-16-43-27(3)34(25)36-32-23-47(33-10-6-8-28-13-18-46(5)40(51)35(28)33)19-14-31(32)37(44-38(36)52-24-30-9-7-17-45(30)4)48-20-21-49(39(50)26(2)41)29(22-48)11-15-42/h6,8,10,12-13,16,18,29-30H,2,7,9,11,14,17,19-24H2,1,3-5H3/t29-,30-/m0/s1. The van der Waals surface area contributed by atoms with E-state index in [9.17, 15) is 19.2 Å². The van der Waals surface area contributed by atoms with Gasteiger partial charge in [-0.3, -0.25) is 14.6 Å². The molecular formula is C40H45FN8O3. The van der Waals surface area contributed by atoms with Crippen LogP contribution in [0.15, 0.2) is 59.9 Å². The predicted molar refractivity (Wildman–Crippen MR) is 200 cm³/mol. The number of ether oxygens (including phenoxy) is 1. The van der Waals surface area contributed by atoms with Crippen molar-refractivity contribution < 1.29 is 13.9 Å². The van der Waals surface area contributed by atoms with Crippen LogP contribution in [0.4, 0.5) is 15.9 Å². The fourth-order valence-corrected chi connectivity index (χ4v) is 8.23. The van der Waals surface area contributed by atoms with E-state index in [1.807, 2.05) is 43.5 Å². The maximum Gasteiger partial charge on any atom is 0.282 e. The summed E-state index contributed by atoms with van der Waals surface area (Å²) in [5, 5.41) is 11.3. The number of carbonyl (C=O) groups excluding carboxylic acids is 1. The van der Waals surface area contributed by atoms with E-state index in [1.165, 1.54) is 4.90 Å². The molecular weight excluding hydrogens is 659 g/mol. The lowest BCUT2D eigenvalue weighted by Crippen LogP contribution is -2.55. The van der Waals surface area contributed by atoms with Gasteiger partial charge in [0.1, 0.15) is 12.4 Å². The van der Waals surface area contributed by atoms with Gasteiger partial charge >= 0.3 is 0 Å². The number of likely N-dealkylation sites (N-methyl/N-ethyl adjacent to an activating group) is 1. The van der Waals surface area contributed by atoms with Crippen molar-refractivity contribution >= 4 is 28.2 Å². The van der Waals surface area contributed by atoms with E-state index < -0.39 is 17.8 Å². The highest BCUT2D eigenvalue weighted by Crippen LogP contribution is 2.44. The molecule has 270 valence electrons. The Balaban J connectivity index is 1.40. The zero-order valence-electron chi connectivity index (χ0n) is 30.4. The van der Waals surface area contributed by atoms with Crippen molar-refractivity contribution in [1.82, 2.24) is 24.3 Å². The maximum absolute atomic E-state index is 14.1. The Morgan fingerprint density at radius 3 is 2.62 bits per heavy atom. The Hall–Kier alpha value is -5.28. The first-order chi connectivity index (χ1) is 25.1. The van der Waals surface area contributed by atoms with Crippen LogP contribution in [0.5, 0.6) is 5.88 Å². The van der Waals surface area contributed by atoms with Crippen LogP contribution in [-0.2, 0) is 24.8 Å². The van der Waals surface area contributed by atoms with Crippen LogP contribution in [0, 0.1) is 25.2 Å². The average Bonchev–Trinajstić information content (AvgIpc) is 3.55. The number of fused-ring (bicyclic) bond motifs is 2. The molecule has 0 spiro atoms. The summed E-state index contributed by atoms with van der Waals surface area (Å²) < 4.78 is 22.5. The van der Waals surface area contributed by atoms with E-state index in [1.54, 1.807) is 17.8 Å². The first-order valence-corrected chi connectivity index (χ1v) is 18.0. The third-order valence-electron chi connectivity index (χ3n) is 11.1. The molecule has 2 fully saturated rings. The molecule has 1 aromatic carbocycles. The smallest absolute Gasteiger partial charge is 0.282 e. The van der Waals surface area contributed by atoms with Gasteiger partial charge in [0.2, 0.25) is 5.88 Å². The molecule has 6 heterocycles. The summed E-state index contributed by atoms with van der Waals surface area (Å²) in [6.07, 6.45) is 6.42. The number of nitrogens with zero attached hydrogens (tertiary/aromatic N) is 8. The lowest BCUT2D eigenvalue weighted by molar-refractivity contribution is -0.131. The second-order valence-electron chi connectivity index (χ2n) is 14.3. The quantitative estimate of drug-likeness (QED) is 0.233. The summed E-state index contributed by atoms with van der Waals surface area (Å²) >= 11 is 0. The monoisotopic (exact) mass is 704 g/mol. The number of hydrogen-bond acceptors (Lipinski definition) is 9. The van der Waals surface area contributed by atoms with Crippen molar-refractivity contribution in [2.75, 3.05) is 56.2 Å². The van der Waals surface area contributed by atoms with Crippen LogP contribution in [0.1, 0.15) is 41.6 Å². The first kappa shape index (κ1) is 35.1. The van der Waals surface area contributed by atoms with Gasteiger partial charge in [-0.1, -0.05) is 18.7 Å². The molecule has 3 aromatic heterocycles. The molecule has 4 aromatic rings. The van der Waals surface area contributed by atoms with E-state index in [-0.39, 0.29) is 24.6 Å². The molecule has 7 rings (SSSR count). The average molecular weight is 705 g/mol. The second kappa shape index (κ2) is 14.4. The minimum atomic E-state index is -1.03. The highest BCUT2D eigenvalue weighted by atomic mass is 19.1. The Morgan fingerprint density at radius 1 is 1.06 bits per heavy atom. The molecule has 0 aliphatic carbocycles. The van der Waals surface area contributed by atoms with E-state index >= 15 is 0 Å². The van der Waals surface area contributed by atoms with Gasteiger partial charge in [0, 0.05) is 75.0 Å². The number of benzene rings is 1. The number of piperazine rings is 1. The number of aromatic nitrogens is 3. The van der Waals surface area contributed by atoms with Crippen LogP contribution in [-0.4, -0.2) is 88.7 Å². The summed E-state index contributed by atoms with van der Waals surface area (Å²) in [7, 11) is 3.90. The summed E-state index contributed by atoms with van der Waals surface area (Å²) in [6, 6.07) is 11.9. The fraction of sp³-hybridized carbons (Fsp3) is 0.425. The van der Waals surface area contributed by atoms with Crippen LogP contribution in [0.2, 0.25) is 0 Å². The van der Waals surface area contributed by atoms with Gasteiger partial charge in [-0.25, -0.2) is 4.39 Å². The number of halogens is 1. The molecule has 2 atom stereocenters. The van der Waals surface area contributed by atoms with Crippen LogP contribution in [0.3, 0.4) is 0 Å². The number of pyridine rings is 3. The topological polar surface area (TPSA) is 111 Å². The van der Waals surface area contributed by atoms with Crippen molar-refractivity contribution in [3.8, 4) is 23.1 Å². The van der Waals surface area contributed by atoms with Crippen molar-refractivity contribution in [2.45, 2.75) is 58.2 Å². The van der Waals surface area contributed by atoms with E-state index in [2.05, 4.69) is 41.3 Å². The largest absolute Gasteiger partial charge is 0.475 e. The summed E-state index contributed by atoms with van der Waals surface area (Å²) in [5.41, 5.74) is 6.71. The van der Waals surface area contributed by atoms with E-state index in [4.69, 9.17) is 14.7 Å². The molecule has 11 nitrogen and oxygen atoms in total. The number of rotatable bonds is 8. The normalized spacial score (nSPS) is 19.1. The van der Waals surface area contributed by atoms with Crippen LogP contribution >= 0.6 is 0 Å². The van der Waals surface area contributed by atoms with Gasteiger partial charge < -0.3 is 28.9 Å². The minimum Gasteiger partial charge on any atom is -0.475 e. The lowest BCUT2D eigenvalue weighted by atomic mass is 9.89. The highest BCUT2D eigenvalue weighted by molar-refractivity contribution is 5.94. The molecule has 1 amide bonds. The van der Waals surface area contributed by atoms with E-state index in [0.717, 1.165) is 69.8 Å². The summed E-state index contributed by atoms with van der Waals surface area (Å²) in [4.78, 5) is 44.5. The molecule has 2 saturated heterocycles. The highest BCUT2D eigenvalue weighted by Gasteiger charge is 2.37. The zero-order valence-corrected chi connectivity index (χ0v) is 30.4. The minimum absolute atomic E-state index is 0.0467. The first-order valence-electron chi connectivity index (χ1n) is 18.0. The number of aryl methyl sites for hydroxylation is 3. The molecule has 0 radical (unpaired) electrons. The van der Waals surface area contributed by atoms with Crippen molar-refractivity contribution in [1.29, 1.82) is 5.26 Å². The Kier molecular flexibility index (Phi) is 9.72. The number of hydrogen-bond donors (Lipinski definition) is 0. The molecule has 12 heteroatoms. The Labute approximate surface area is 303 Å². The van der Waals surface area contributed by atoms with Gasteiger partial charge in [-0.05, 0) is 81.4 Å². The fourth-order valence-electron chi connectivity index (χ4n) is 8.23. The van der Waals surface area contributed by atoms with Gasteiger partial charge in [0.05, 0.1) is 35.2 Å². The molecule has 0 N–H and O–H groups in total. The Morgan fingerprint density at radius 2 is 1.88 bits per heavy atom. The van der Waals surface area contributed by atoms with Crippen LogP contribution in [0.25, 0.3) is 21.9 Å². The molecule has 0 unspecified atom stereocenters. The number of carbonyl (C=O) groups is 1. The Bertz CT molecular complexity index is 2140. The summed E-state index contributed by atoms with van der Waals surface area (Å²) in [5.74, 6) is -0.560. The maximum atomic E-state index is 14.1. The zero-order chi connectivity index (χ0) is 36.7. The summed E-state index contributed by atoms with van der Waals surface area (Å²) in [6.45, 7) is 10.9. The number of nitriles is 1. The lowest BCUT2D eigenvalue weighted by Gasteiger charge is -2.43. The number of likely N-dealkylation sites (tertiary alicyclic amines) is 1. The molecule has 0 saturated carbocycles. The van der Waals surface area contributed by atoms with Crippen LogP contribution < -0.4 is 20.1 Å². The molecule has 3 aliphatic rings. The van der Waals surface area contributed by atoms with Gasteiger partial charge in [0.25, 0.3) is 11.5 Å². The van der Waals surface area contributed by atoms with Gasteiger partial charge in [0.15, 0.2) is 5.83 Å².